The largest absolute Gasteiger partial charge is 0.243 e. The van der Waals surface area contributed by atoms with Crippen LogP contribution in [0.2, 0.25) is 0 Å². The predicted molar refractivity (Wildman–Crippen MR) is 152 cm³/mol. The van der Waals surface area contributed by atoms with Gasteiger partial charge in [0.25, 0.3) is 0 Å². The van der Waals surface area contributed by atoms with Crippen molar-refractivity contribution < 1.29 is 0 Å². The van der Waals surface area contributed by atoms with Gasteiger partial charge in [-0.05, 0) is 36.5 Å². The van der Waals surface area contributed by atoms with E-state index in [0.717, 1.165) is 11.7 Å². The summed E-state index contributed by atoms with van der Waals surface area (Å²) >= 11 is 0. The Bertz CT molecular complexity index is 633. The summed E-state index contributed by atoms with van der Waals surface area (Å²) < 4.78 is 0. The fourth-order valence-electron chi connectivity index (χ4n) is 5.18. The van der Waals surface area contributed by atoms with Crippen molar-refractivity contribution in [3.63, 3.8) is 0 Å². The van der Waals surface area contributed by atoms with Crippen LogP contribution < -0.4 is 0 Å². The first-order chi connectivity index (χ1) is 16.8. The van der Waals surface area contributed by atoms with Crippen molar-refractivity contribution in [3.05, 3.63) is 41.6 Å². The molecule has 0 amide bonds. The number of rotatable bonds is 22. The lowest BCUT2D eigenvalue weighted by Crippen LogP contribution is -2.01. The summed E-state index contributed by atoms with van der Waals surface area (Å²) in [5.74, 6) is 0.712. The Kier molecular flexibility index (Phi) is 16.6. The second-order valence-corrected chi connectivity index (χ2v) is 10.4. The molecule has 0 N–H and O–H groups in total. The van der Waals surface area contributed by atoms with Gasteiger partial charge in [0, 0.05) is 12.1 Å². The first-order valence-corrected chi connectivity index (χ1v) is 14.9. The molecule has 2 nitrogen and oxygen atoms in total. The van der Waals surface area contributed by atoms with E-state index in [-0.39, 0.29) is 0 Å². The van der Waals surface area contributed by atoms with Crippen LogP contribution in [0.25, 0.3) is 0 Å². The molecule has 1 aromatic rings. The molecule has 0 spiro atoms. The van der Waals surface area contributed by atoms with Crippen molar-refractivity contribution in [1.29, 1.82) is 0 Å². The third-order valence-electron chi connectivity index (χ3n) is 7.41. The summed E-state index contributed by atoms with van der Waals surface area (Å²) in [6, 6.07) is 9.13. The summed E-state index contributed by atoms with van der Waals surface area (Å²) in [4.78, 5) is 8.70. The van der Waals surface area contributed by atoms with Gasteiger partial charge in [-0.1, -0.05) is 129 Å². The minimum absolute atomic E-state index is 0.712. The van der Waals surface area contributed by atoms with E-state index in [1.165, 1.54) is 134 Å². The molecule has 0 aromatic heterocycles. The van der Waals surface area contributed by atoms with Crippen molar-refractivity contribution >= 4 is 12.4 Å². The summed E-state index contributed by atoms with van der Waals surface area (Å²) in [5, 5.41) is 0. The van der Waals surface area contributed by atoms with Crippen molar-refractivity contribution in [2.24, 2.45) is 9.98 Å². The third kappa shape index (κ3) is 12.8. The highest BCUT2D eigenvalue weighted by Gasteiger charge is 2.19. The molecule has 2 heteroatoms. The number of unbranched alkanes of at least 4 members (excludes halogenated alkanes) is 16. The molecule has 1 unspecified atom stereocenters. The minimum atomic E-state index is 0.712. The number of benzene rings is 1. The molecule has 0 saturated carbocycles. The van der Waals surface area contributed by atoms with E-state index < -0.39 is 0 Å². The molecule has 1 aromatic carbocycles. The topological polar surface area (TPSA) is 24.7 Å². The second kappa shape index (κ2) is 19.7. The molecular weight excluding hydrogens is 412 g/mol. The van der Waals surface area contributed by atoms with Gasteiger partial charge in [0.1, 0.15) is 18.0 Å². The van der Waals surface area contributed by atoms with Gasteiger partial charge >= 0.3 is 0 Å². The lowest BCUT2D eigenvalue weighted by molar-refractivity contribution is 0.483. The van der Waals surface area contributed by atoms with Crippen LogP contribution in [0.1, 0.15) is 159 Å². The molecular formula is C32H53N2+. The molecule has 190 valence electrons. The van der Waals surface area contributed by atoms with E-state index in [4.69, 9.17) is 0 Å². The zero-order chi connectivity index (χ0) is 24.1. The zero-order valence-corrected chi connectivity index (χ0v) is 22.6. The second-order valence-electron chi connectivity index (χ2n) is 10.4. The SMILES string of the molecule is CCCCCCCCCCCCCCC(CCCCCCCC)c1ccc([C+]2N=CC=N2)cc1. The van der Waals surface area contributed by atoms with E-state index in [0.29, 0.717) is 5.92 Å². The standard InChI is InChI=1S/C32H53N2/c1-3-5-7-9-11-12-13-14-15-16-18-20-22-29(21-19-17-10-8-6-4-2)30-23-25-31(26-24-30)32-33-27-28-34-32/h23-29H,3-22H2,1-2H3/q+1. The average Bonchev–Trinajstić information content (AvgIpc) is 3.41. The molecule has 0 fully saturated rings. The molecule has 34 heavy (non-hydrogen) atoms. The van der Waals surface area contributed by atoms with Gasteiger partial charge in [-0.25, -0.2) is 0 Å². The van der Waals surface area contributed by atoms with Gasteiger partial charge in [-0.3, -0.25) is 0 Å². The van der Waals surface area contributed by atoms with Gasteiger partial charge < -0.3 is 0 Å². The first-order valence-electron chi connectivity index (χ1n) is 14.9. The van der Waals surface area contributed by atoms with Gasteiger partial charge in [0.15, 0.2) is 0 Å². The van der Waals surface area contributed by atoms with Crippen molar-refractivity contribution in [2.75, 3.05) is 0 Å². The highest BCUT2D eigenvalue weighted by atomic mass is 15.0. The summed E-state index contributed by atoms with van der Waals surface area (Å²) in [5.41, 5.74) is 2.66. The lowest BCUT2D eigenvalue weighted by Gasteiger charge is -2.17. The van der Waals surface area contributed by atoms with Gasteiger partial charge in [0.05, 0.1) is 0 Å². The third-order valence-corrected chi connectivity index (χ3v) is 7.41. The number of nitrogens with zero attached hydrogens (tertiary/aromatic N) is 2. The lowest BCUT2D eigenvalue weighted by atomic mass is 9.87. The summed E-state index contributed by atoms with van der Waals surface area (Å²) in [6.45, 7) is 4.60. The quantitative estimate of drug-likeness (QED) is 0.120. The molecule has 0 saturated heterocycles. The van der Waals surface area contributed by atoms with E-state index in [2.05, 4.69) is 48.1 Å². The molecule has 1 atom stereocenters. The number of hydrogen-bond acceptors (Lipinski definition) is 2. The van der Waals surface area contributed by atoms with E-state index in [1.54, 1.807) is 12.4 Å². The molecule has 1 aliphatic rings. The fraction of sp³-hybridized carbons (Fsp3) is 0.719. The zero-order valence-electron chi connectivity index (χ0n) is 22.6. The predicted octanol–water partition coefficient (Wildman–Crippen LogP) is 10.6. The van der Waals surface area contributed by atoms with Crippen molar-refractivity contribution in [2.45, 2.75) is 148 Å². The van der Waals surface area contributed by atoms with Crippen LogP contribution in [-0.4, -0.2) is 12.4 Å². The molecule has 0 bridgehead atoms. The van der Waals surface area contributed by atoms with Gasteiger partial charge in [-0.2, -0.15) is 0 Å². The average molecular weight is 466 g/mol. The Morgan fingerprint density at radius 3 is 1.32 bits per heavy atom. The molecule has 2 rings (SSSR count). The highest BCUT2D eigenvalue weighted by Crippen LogP contribution is 2.30. The Hall–Kier alpha value is -1.57. The molecule has 1 aliphatic heterocycles. The molecule has 0 aliphatic carbocycles. The number of hydrogen-bond donors (Lipinski definition) is 0. The summed E-state index contributed by atoms with van der Waals surface area (Å²) in [6.07, 6.45) is 32.5. The van der Waals surface area contributed by atoms with E-state index in [1.807, 2.05) is 0 Å². The fourth-order valence-corrected chi connectivity index (χ4v) is 5.18. The van der Waals surface area contributed by atoms with Crippen LogP contribution >= 0.6 is 0 Å². The first kappa shape index (κ1) is 28.7. The van der Waals surface area contributed by atoms with Gasteiger partial charge in [-0.15, -0.1) is 9.98 Å². The number of aliphatic imine (C=N–C) groups is 2. The van der Waals surface area contributed by atoms with Crippen LogP contribution in [-0.2, 0) is 0 Å². The molecule has 0 radical (unpaired) electrons. The van der Waals surface area contributed by atoms with Crippen LogP contribution in [0.15, 0.2) is 34.3 Å². The Morgan fingerprint density at radius 2 is 0.912 bits per heavy atom. The summed E-state index contributed by atoms with van der Waals surface area (Å²) in [7, 11) is 0. The van der Waals surface area contributed by atoms with E-state index in [9.17, 15) is 0 Å². The Balaban J connectivity index is 1.66. The Morgan fingerprint density at radius 1 is 0.529 bits per heavy atom. The van der Waals surface area contributed by atoms with Crippen LogP contribution in [0.4, 0.5) is 0 Å². The smallest absolute Gasteiger partial charge is 0.147 e. The van der Waals surface area contributed by atoms with Crippen LogP contribution in [0.3, 0.4) is 0 Å². The minimum Gasteiger partial charge on any atom is -0.147 e. The van der Waals surface area contributed by atoms with Crippen LogP contribution in [0.5, 0.6) is 0 Å². The Labute approximate surface area is 212 Å². The highest BCUT2D eigenvalue weighted by molar-refractivity contribution is 6.18. The van der Waals surface area contributed by atoms with Crippen molar-refractivity contribution in [3.8, 4) is 0 Å². The molecule has 1 heterocycles. The van der Waals surface area contributed by atoms with E-state index >= 15 is 0 Å². The maximum Gasteiger partial charge on any atom is 0.243 e. The normalized spacial score (nSPS) is 13.8. The van der Waals surface area contributed by atoms with Crippen LogP contribution in [0, 0.1) is 6.17 Å². The van der Waals surface area contributed by atoms with Gasteiger partial charge in [0.2, 0.25) is 6.17 Å². The maximum absolute atomic E-state index is 4.35. The monoisotopic (exact) mass is 465 g/mol. The maximum atomic E-state index is 4.35. The van der Waals surface area contributed by atoms with Crippen molar-refractivity contribution in [1.82, 2.24) is 0 Å².